The van der Waals surface area contributed by atoms with Crippen molar-refractivity contribution in [2.75, 3.05) is 11.4 Å². The number of hydrogen-bond donors (Lipinski definition) is 1. The van der Waals surface area contributed by atoms with Crippen LogP contribution in [0.1, 0.15) is 46.2 Å². The van der Waals surface area contributed by atoms with Crippen LogP contribution < -0.4 is 10.6 Å². The van der Waals surface area contributed by atoms with Crippen LogP contribution in [0.25, 0.3) is 0 Å². The fourth-order valence-corrected chi connectivity index (χ4v) is 2.34. The number of nitrogens with zero attached hydrogens (tertiary/aromatic N) is 2. The molecule has 0 aromatic carbocycles. The third-order valence-corrected chi connectivity index (χ3v) is 3.29. The van der Waals surface area contributed by atoms with Crippen molar-refractivity contribution in [1.29, 1.82) is 0 Å². The van der Waals surface area contributed by atoms with Crippen molar-refractivity contribution in [3.63, 3.8) is 0 Å². The van der Waals surface area contributed by atoms with Crippen LogP contribution in [0.2, 0.25) is 0 Å². The monoisotopic (exact) mass is 249 g/mol. The molecule has 0 atom stereocenters. The number of aromatic nitrogens is 1. The zero-order chi connectivity index (χ0) is 13.5. The van der Waals surface area contributed by atoms with E-state index in [1.54, 1.807) is 0 Å². The first kappa shape index (κ1) is 15.0. The van der Waals surface area contributed by atoms with Gasteiger partial charge in [0.2, 0.25) is 0 Å². The number of rotatable bonds is 7. The van der Waals surface area contributed by atoms with Crippen LogP contribution in [0.4, 0.5) is 5.69 Å². The lowest BCUT2D eigenvalue weighted by atomic mass is 10.1. The molecule has 0 aliphatic rings. The van der Waals surface area contributed by atoms with Gasteiger partial charge >= 0.3 is 0 Å². The summed E-state index contributed by atoms with van der Waals surface area (Å²) in [5, 5.41) is 0. The molecule has 2 N–H and O–H groups in total. The molecule has 0 fully saturated rings. The summed E-state index contributed by atoms with van der Waals surface area (Å²) >= 11 is 0. The Kier molecular flexibility index (Phi) is 6.13. The van der Waals surface area contributed by atoms with Crippen molar-refractivity contribution in [3.8, 4) is 0 Å². The first-order chi connectivity index (χ1) is 8.62. The summed E-state index contributed by atoms with van der Waals surface area (Å²) < 4.78 is 0. The predicted octanol–water partition coefficient (Wildman–Crippen LogP) is 3.19. The SMILES string of the molecule is CCC(CC)N(CC(C)C)c1ccnc(CN)c1. The predicted molar refractivity (Wildman–Crippen MR) is 78.7 cm³/mol. The standard InChI is InChI=1S/C15H27N3/c1-5-14(6-2)18(11-12(3)4)15-7-8-17-13(9-15)10-16/h7-9,12,14H,5-6,10-11,16H2,1-4H3. The largest absolute Gasteiger partial charge is 0.368 e. The van der Waals surface area contributed by atoms with E-state index in [1.165, 1.54) is 18.5 Å². The molecular formula is C15H27N3. The number of pyridine rings is 1. The van der Waals surface area contributed by atoms with E-state index in [0.29, 0.717) is 18.5 Å². The zero-order valence-corrected chi connectivity index (χ0v) is 12.2. The molecular weight excluding hydrogens is 222 g/mol. The number of hydrogen-bond acceptors (Lipinski definition) is 3. The molecule has 18 heavy (non-hydrogen) atoms. The Balaban J connectivity index is 2.99. The summed E-state index contributed by atoms with van der Waals surface area (Å²) in [4.78, 5) is 6.78. The molecule has 3 heteroatoms. The molecule has 1 aromatic rings. The van der Waals surface area contributed by atoms with Gasteiger partial charge in [0.1, 0.15) is 0 Å². The maximum atomic E-state index is 5.68. The van der Waals surface area contributed by atoms with Gasteiger partial charge in [-0.15, -0.1) is 0 Å². The second kappa shape index (κ2) is 7.37. The van der Waals surface area contributed by atoms with Crippen LogP contribution in [0.5, 0.6) is 0 Å². The molecule has 1 rings (SSSR count). The summed E-state index contributed by atoms with van der Waals surface area (Å²) in [6.07, 6.45) is 4.21. The van der Waals surface area contributed by atoms with E-state index in [-0.39, 0.29) is 0 Å². The van der Waals surface area contributed by atoms with Crippen LogP contribution in [0, 0.1) is 5.92 Å². The molecule has 0 aliphatic carbocycles. The smallest absolute Gasteiger partial charge is 0.0560 e. The van der Waals surface area contributed by atoms with Crippen molar-refractivity contribution in [2.24, 2.45) is 11.7 Å². The van der Waals surface area contributed by atoms with Crippen molar-refractivity contribution in [2.45, 2.75) is 53.1 Å². The average molecular weight is 249 g/mol. The second-order valence-corrected chi connectivity index (χ2v) is 5.23. The quantitative estimate of drug-likeness (QED) is 0.807. The highest BCUT2D eigenvalue weighted by Crippen LogP contribution is 2.22. The van der Waals surface area contributed by atoms with Crippen molar-refractivity contribution < 1.29 is 0 Å². The van der Waals surface area contributed by atoms with Gasteiger partial charge in [-0.3, -0.25) is 4.98 Å². The van der Waals surface area contributed by atoms with Gasteiger partial charge in [0, 0.05) is 31.0 Å². The molecule has 3 nitrogen and oxygen atoms in total. The molecule has 0 bridgehead atoms. The molecule has 0 unspecified atom stereocenters. The summed E-state index contributed by atoms with van der Waals surface area (Å²) in [6.45, 7) is 10.6. The fraction of sp³-hybridized carbons (Fsp3) is 0.667. The maximum Gasteiger partial charge on any atom is 0.0560 e. The number of anilines is 1. The summed E-state index contributed by atoms with van der Waals surface area (Å²) in [7, 11) is 0. The topological polar surface area (TPSA) is 42.2 Å². The van der Waals surface area contributed by atoms with Gasteiger partial charge in [-0.1, -0.05) is 27.7 Å². The second-order valence-electron chi connectivity index (χ2n) is 5.23. The minimum absolute atomic E-state index is 0.506. The van der Waals surface area contributed by atoms with E-state index in [2.05, 4.69) is 49.7 Å². The van der Waals surface area contributed by atoms with E-state index in [4.69, 9.17) is 5.73 Å². The maximum absolute atomic E-state index is 5.68. The molecule has 0 spiro atoms. The van der Waals surface area contributed by atoms with Crippen LogP contribution in [0.15, 0.2) is 18.3 Å². The Bertz CT molecular complexity index is 345. The van der Waals surface area contributed by atoms with E-state index in [0.717, 1.165) is 12.2 Å². The molecule has 0 amide bonds. The van der Waals surface area contributed by atoms with Crippen molar-refractivity contribution in [3.05, 3.63) is 24.0 Å². The molecule has 0 radical (unpaired) electrons. The molecule has 1 aromatic heterocycles. The summed E-state index contributed by atoms with van der Waals surface area (Å²) in [6, 6.07) is 4.82. The summed E-state index contributed by atoms with van der Waals surface area (Å²) in [5.74, 6) is 0.653. The molecule has 0 saturated heterocycles. The third kappa shape index (κ3) is 3.98. The Hall–Kier alpha value is -1.09. The molecule has 1 heterocycles. The van der Waals surface area contributed by atoms with Crippen LogP contribution in [-0.4, -0.2) is 17.6 Å². The first-order valence-corrected chi connectivity index (χ1v) is 7.03. The van der Waals surface area contributed by atoms with Crippen molar-refractivity contribution in [1.82, 2.24) is 4.98 Å². The molecule has 0 aliphatic heterocycles. The lowest BCUT2D eigenvalue weighted by Crippen LogP contribution is -2.37. The minimum Gasteiger partial charge on any atom is -0.368 e. The highest BCUT2D eigenvalue weighted by molar-refractivity contribution is 5.47. The lowest BCUT2D eigenvalue weighted by Gasteiger charge is -2.34. The molecule has 102 valence electrons. The minimum atomic E-state index is 0.506. The van der Waals surface area contributed by atoms with E-state index < -0.39 is 0 Å². The average Bonchev–Trinajstić information content (AvgIpc) is 2.38. The van der Waals surface area contributed by atoms with Gasteiger partial charge < -0.3 is 10.6 Å². The van der Waals surface area contributed by atoms with Crippen LogP contribution in [0.3, 0.4) is 0 Å². The van der Waals surface area contributed by atoms with E-state index >= 15 is 0 Å². The summed E-state index contributed by atoms with van der Waals surface area (Å²) in [5.41, 5.74) is 7.90. The van der Waals surface area contributed by atoms with Crippen molar-refractivity contribution >= 4 is 5.69 Å². The lowest BCUT2D eigenvalue weighted by molar-refractivity contribution is 0.507. The van der Waals surface area contributed by atoms with Gasteiger partial charge in [0.15, 0.2) is 0 Å². The Morgan fingerprint density at radius 3 is 2.44 bits per heavy atom. The van der Waals surface area contributed by atoms with Gasteiger partial charge in [-0.05, 0) is 30.9 Å². The normalized spacial score (nSPS) is 11.3. The fourth-order valence-electron chi connectivity index (χ4n) is 2.34. The highest BCUT2D eigenvalue weighted by atomic mass is 15.2. The van der Waals surface area contributed by atoms with Crippen LogP contribution >= 0.6 is 0 Å². The Morgan fingerprint density at radius 1 is 1.28 bits per heavy atom. The third-order valence-electron chi connectivity index (χ3n) is 3.29. The van der Waals surface area contributed by atoms with Gasteiger partial charge in [-0.25, -0.2) is 0 Å². The first-order valence-electron chi connectivity index (χ1n) is 7.03. The van der Waals surface area contributed by atoms with Gasteiger partial charge in [0.05, 0.1) is 5.69 Å². The Morgan fingerprint density at radius 2 is 1.94 bits per heavy atom. The molecule has 0 saturated carbocycles. The van der Waals surface area contributed by atoms with E-state index in [1.807, 2.05) is 6.20 Å². The van der Waals surface area contributed by atoms with Crippen LogP contribution in [-0.2, 0) is 6.54 Å². The van der Waals surface area contributed by atoms with Gasteiger partial charge in [0.25, 0.3) is 0 Å². The highest BCUT2D eigenvalue weighted by Gasteiger charge is 2.17. The zero-order valence-electron chi connectivity index (χ0n) is 12.2. The van der Waals surface area contributed by atoms with Gasteiger partial charge in [-0.2, -0.15) is 0 Å². The Labute approximate surface area is 111 Å². The van der Waals surface area contributed by atoms with E-state index in [9.17, 15) is 0 Å². The number of nitrogens with two attached hydrogens (primary N) is 1.